The van der Waals surface area contributed by atoms with Gasteiger partial charge in [0.2, 0.25) is 10.0 Å². The zero-order chi connectivity index (χ0) is 18.0. The second-order valence-corrected chi connectivity index (χ2v) is 8.65. The quantitative estimate of drug-likeness (QED) is 0.857. The van der Waals surface area contributed by atoms with E-state index in [9.17, 15) is 13.5 Å². The lowest BCUT2D eigenvalue weighted by atomic mass is 10.0. The standard InChI is InChI=1S/C19H24N2O3S/c1-15-12-17(19(22)13-16(15)2)14-20-8-10-21(11-9-20)25(23,24)18-6-4-3-5-7-18/h3-7,12-13,22H,8-11,14H2,1-2H3/p+1. The Morgan fingerprint density at radius 2 is 1.64 bits per heavy atom. The van der Waals surface area contributed by atoms with Gasteiger partial charge in [0.15, 0.2) is 0 Å². The smallest absolute Gasteiger partial charge is 0.243 e. The number of nitrogens with one attached hydrogen (secondary N) is 1. The van der Waals surface area contributed by atoms with Crippen molar-refractivity contribution in [2.75, 3.05) is 26.2 Å². The molecule has 1 fully saturated rings. The molecule has 1 aliphatic rings. The summed E-state index contributed by atoms with van der Waals surface area (Å²) in [5, 5.41) is 10.2. The van der Waals surface area contributed by atoms with Gasteiger partial charge in [0.05, 0.1) is 31.1 Å². The third-order valence-corrected chi connectivity index (χ3v) is 6.86. The van der Waals surface area contributed by atoms with Gasteiger partial charge in [-0.1, -0.05) is 18.2 Å². The number of phenols is 1. The molecule has 0 aliphatic carbocycles. The van der Waals surface area contributed by atoms with Crippen LogP contribution in [0.2, 0.25) is 0 Å². The van der Waals surface area contributed by atoms with Crippen LogP contribution in [0.1, 0.15) is 16.7 Å². The second-order valence-electron chi connectivity index (χ2n) is 6.71. The van der Waals surface area contributed by atoms with Gasteiger partial charge in [-0.15, -0.1) is 0 Å². The maximum atomic E-state index is 12.7. The summed E-state index contributed by atoms with van der Waals surface area (Å²) < 4.78 is 26.9. The molecule has 0 bridgehead atoms. The zero-order valence-electron chi connectivity index (χ0n) is 14.7. The Hall–Kier alpha value is -1.89. The molecule has 1 aliphatic heterocycles. The van der Waals surface area contributed by atoms with Gasteiger partial charge in [-0.2, -0.15) is 4.31 Å². The van der Waals surface area contributed by atoms with Gasteiger partial charge in [0, 0.05) is 5.56 Å². The number of hydrogen-bond donors (Lipinski definition) is 2. The SMILES string of the molecule is Cc1cc(O)c(C[NH+]2CCN(S(=O)(=O)c3ccccc3)CC2)cc1C. The molecule has 2 N–H and O–H groups in total. The van der Waals surface area contributed by atoms with Crippen LogP contribution in [0.15, 0.2) is 47.4 Å². The van der Waals surface area contributed by atoms with Crippen LogP contribution in [0.25, 0.3) is 0 Å². The summed E-state index contributed by atoms with van der Waals surface area (Å²) in [4.78, 5) is 1.64. The van der Waals surface area contributed by atoms with Gasteiger partial charge >= 0.3 is 0 Å². The van der Waals surface area contributed by atoms with Crippen LogP contribution in [-0.4, -0.2) is 44.0 Å². The molecular formula is C19H25N2O3S+. The van der Waals surface area contributed by atoms with Crippen LogP contribution in [0, 0.1) is 13.8 Å². The normalized spacial score (nSPS) is 16.9. The van der Waals surface area contributed by atoms with Crippen molar-refractivity contribution in [1.82, 2.24) is 4.31 Å². The lowest BCUT2D eigenvalue weighted by Crippen LogP contribution is -3.13. The molecule has 0 radical (unpaired) electrons. The van der Waals surface area contributed by atoms with E-state index in [1.54, 1.807) is 34.6 Å². The fourth-order valence-corrected chi connectivity index (χ4v) is 4.70. The topological polar surface area (TPSA) is 62.1 Å². The van der Waals surface area contributed by atoms with Crippen molar-refractivity contribution in [2.45, 2.75) is 25.3 Å². The van der Waals surface area contributed by atoms with Crippen molar-refractivity contribution in [2.24, 2.45) is 0 Å². The Balaban J connectivity index is 1.66. The van der Waals surface area contributed by atoms with E-state index >= 15 is 0 Å². The Morgan fingerprint density at radius 3 is 2.28 bits per heavy atom. The van der Waals surface area contributed by atoms with Gasteiger partial charge in [0.25, 0.3) is 0 Å². The number of aryl methyl sites for hydroxylation is 2. The monoisotopic (exact) mass is 361 g/mol. The molecule has 1 saturated heterocycles. The molecule has 5 nitrogen and oxygen atoms in total. The van der Waals surface area contributed by atoms with E-state index in [2.05, 4.69) is 0 Å². The summed E-state index contributed by atoms with van der Waals surface area (Å²) in [5.41, 5.74) is 3.17. The molecule has 25 heavy (non-hydrogen) atoms. The summed E-state index contributed by atoms with van der Waals surface area (Å²) in [7, 11) is -3.41. The third kappa shape index (κ3) is 3.86. The molecule has 6 heteroatoms. The minimum atomic E-state index is -3.41. The molecule has 2 aromatic rings. The van der Waals surface area contributed by atoms with Crippen molar-refractivity contribution >= 4 is 10.0 Å². The molecular weight excluding hydrogens is 336 g/mol. The molecule has 0 spiro atoms. The van der Waals surface area contributed by atoms with E-state index in [-0.39, 0.29) is 0 Å². The largest absolute Gasteiger partial charge is 0.507 e. The minimum Gasteiger partial charge on any atom is -0.507 e. The Bertz CT molecular complexity index is 842. The molecule has 2 aromatic carbocycles. The first-order valence-corrected chi connectivity index (χ1v) is 10.00. The average Bonchev–Trinajstić information content (AvgIpc) is 2.61. The van der Waals surface area contributed by atoms with Crippen LogP contribution in [-0.2, 0) is 16.6 Å². The molecule has 0 aromatic heterocycles. The Morgan fingerprint density at radius 1 is 1.04 bits per heavy atom. The van der Waals surface area contributed by atoms with E-state index in [1.807, 2.05) is 26.0 Å². The Kier molecular flexibility index (Phi) is 5.13. The lowest BCUT2D eigenvalue weighted by molar-refractivity contribution is -0.917. The summed E-state index contributed by atoms with van der Waals surface area (Å²) in [6, 6.07) is 12.4. The summed E-state index contributed by atoms with van der Waals surface area (Å²) in [6.07, 6.45) is 0. The molecule has 134 valence electrons. The second kappa shape index (κ2) is 7.15. The third-order valence-electron chi connectivity index (χ3n) is 4.95. The predicted octanol–water partition coefficient (Wildman–Crippen LogP) is 1.10. The highest BCUT2D eigenvalue weighted by Gasteiger charge is 2.30. The van der Waals surface area contributed by atoms with Crippen molar-refractivity contribution < 1.29 is 18.4 Å². The first-order chi connectivity index (χ1) is 11.9. The molecule has 0 atom stereocenters. The van der Waals surface area contributed by atoms with E-state index in [1.165, 1.54) is 4.90 Å². The van der Waals surface area contributed by atoms with Crippen LogP contribution in [0.3, 0.4) is 0 Å². The van der Waals surface area contributed by atoms with Gasteiger partial charge in [-0.25, -0.2) is 8.42 Å². The number of piperazine rings is 1. The number of benzene rings is 2. The maximum absolute atomic E-state index is 12.7. The number of sulfonamides is 1. The van der Waals surface area contributed by atoms with Crippen molar-refractivity contribution in [3.63, 3.8) is 0 Å². The van der Waals surface area contributed by atoms with Crippen molar-refractivity contribution in [3.05, 3.63) is 59.2 Å². The molecule has 0 unspecified atom stereocenters. The van der Waals surface area contributed by atoms with Crippen LogP contribution >= 0.6 is 0 Å². The molecule has 0 amide bonds. The van der Waals surface area contributed by atoms with E-state index in [0.717, 1.165) is 29.8 Å². The molecule has 0 saturated carbocycles. The highest BCUT2D eigenvalue weighted by molar-refractivity contribution is 7.89. The number of rotatable bonds is 4. The molecule has 1 heterocycles. The van der Waals surface area contributed by atoms with Crippen LogP contribution < -0.4 is 4.90 Å². The summed E-state index contributed by atoms with van der Waals surface area (Å²) in [6.45, 7) is 7.20. The highest BCUT2D eigenvalue weighted by Crippen LogP contribution is 2.21. The van der Waals surface area contributed by atoms with Gasteiger partial charge in [-0.05, 0) is 49.2 Å². The number of hydrogen-bond acceptors (Lipinski definition) is 3. The summed E-state index contributed by atoms with van der Waals surface area (Å²) >= 11 is 0. The molecule has 3 rings (SSSR count). The van der Waals surface area contributed by atoms with Crippen molar-refractivity contribution in [1.29, 1.82) is 0 Å². The maximum Gasteiger partial charge on any atom is 0.243 e. The number of nitrogens with zero attached hydrogens (tertiary/aromatic N) is 1. The number of quaternary nitrogens is 1. The first kappa shape index (κ1) is 17.9. The lowest BCUT2D eigenvalue weighted by Gasteiger charge is -2.31. The van der Waals surface area contributed by atoms with Gasteiger partial charge < -0.3 is 10.0 Å². The predicted molar refractivity (Wildman–Crippen MR) is 97.2 cm³/mol. The van der Waals surface area contributed by atoms with Crippen LogP contribution in [0.4, 0.5) is 0 Å². The van der Waals surface area contributed by atoms with Gasteiger partial charge in [-0.3, -0.25) is 0 Å². The van der Waals surface area contributed by atoms with E-state index < -0.39 is 10.0 Å². The van der Waals surface area contributed by atoms with Crippen molar-refractivity contribution in [3.8, 4) is 5.75 Å². The average molecular weight is 361 g/mol. The first-order valence-electron chi connectivity index (χ1n) is 8.56. The number of aromatic hydroxyl groups is 1. The highest BCUT2D eigenvalue weighted by atomic mass is 32.2. The van der Waals surface area contributed by atoms with Crippen LogP contribution in [0.5, 0.6) is 5.75 Å². The fraction of sp³-hybridized carbons (Fsp3) is 0.368. The fourth-order valence-electron chi connectivity index (χ4n) is 3.23. The number of phenolic OH excluding ortho intramolecular Hbond substituents is 1. The minimum absolute atomic E-state index is 0.329. The summed E-state index contributed by atoms with van der Waals surface area (Å²) in [5.74, 6) is 0.329. The zero-order valence-corrected chi connectivity index (χ0v) is 15.5. The Labute approximate surface area is 149 Å². The van der Waals surface area contributed by atoms with E-state index in [0.29, 0.717) is 30.3 Å². The van der Waals surface area contributed by atoms with E-state index in [4.69, 9.17) is 0 Å². The van der Waals surface area contributed by atoms with Gasteiger partial charge in [0.1, 0.15) is 12.3 Å².